The zero-order valence-electron chi connectivity index (χ0n) is 17.1. The number of rotatable bonds is 5. The molecular formula is C20H31N5O4. The topological polar surface area (TPSA) is 102 Å². The summed E-state index contributed by atoms with van der Waals surface area (Å²) in [6, 6.07) is -0.0998. The Morgan fingerprint density at radius 2 is 1.79 bits per heavy atom. The minimum Gasteiger partial charge on any atom is -0.352 e. The van der Waals surface area contributed by atoms with E-state index in [1.54, 1.807) is 4.90 Å². The molecule has 2 heterocycles. The molecule has 2 aliphatic carbocycles. The van der Waals surface area contributed by atoms with Crippen LogP contribution in [-0.2, 0) is 14.4 Å². The van der Waals surface area contributed by atoms with Gasteiger partial charge in [0.1, 0.15) is 12.1 Å². The average Bonchev–Trinajstić information content (AvgIpc) is 3.47. The highest BCUT2D eigenvalue weighted by Crippen LogP contribution is 2.38. The monoisotopic (exact) mass is 405 g/mol. The number of hydrogen-bond acceptors (Lipinski definition) is 5. The lowest BCUT2D eigenvalue weighted by atomic mass is 9.73. The molecule has 160 valence electrons. The summed E-state index contributed by atoms with van der Waals surface area (Å²) in [5, 5.41) is 5.87. The highest BCUT2D eigenvalue weighted by atomic mass is 16.2. The maximum Gasteiger partial charge on any atom is 0.325 e. The fraction of sp³-hybridized carbons (Fsp3) is 0.800. The van der Waals surface area contributed by atoms with Gasteiger partial charge in [-0.2, -0.15) is 0 Å². The van der Waals surface area contributed by atoms with E-state index in [1.165, 1.54) is 0 Å². The first-order chi connectivity index (χ1) is 13.9. The maximum absolute atomic E-state index is 13.0. The third-order valence-electron chi connectivity index (χ3n) is 6.83. The van der Waals surface area contributed by atoms with Crippen molar-refractivity contribution >= 4 is 23.8 Å². The van der Waals surface area contributed by atoms with E-state index < -0.39 is 11.6 Å². The van der Waals surface area contributed by atoms with Crippen molar-refractivity contribution in [1.29, 1.82) is 0 Å². The lowest BCUT2D eigenvalue weighted by molar-refractivity contribution is -0.141. The van der Waals surface area contributed by atoms with E-state index >= 15 is 0 Å². The number of carbonyl (C=O) groups excluding carboxylic acids is 4. The molecule has 0 bridgehead atoms. The van der Waals surface area contributed by atoms with Crippen molar-refractivity contribution < 1.29 is 19.2 Å². The predicted octanol–water partition coefficient (Wildman–Crippen LogP) is -0.0901. The largest absolute Gasteiger partial charge is 0.352 e. The van der Waals surface area contributed by atoms with Crippen LogP contribution in [0.3, 0.4) is 0 Å². The minimum atomic E-state index is -0.830. The number of nitrogens with zero attached hydrogens (tertiary/aromatic N) is 3. The number of hydrogen-bond donors (Lipinski definition) is 2. The van der Waals surface area contributed by atoms with Crippen molar-refractivity contribution in [3.05, 3.63) is 0 Å². The SMILES string of the molecule is C[C@@H]1CCCC[C@@]12NC(=O)N(CC(=O)N1CCN(CC(=O)NC3CC3)CC1)C2=O. The van der Waals surface area contributed by atoms with E-state index in [9.17, 15) is 19.2 Å². The van der Waals surface area contributed by atoms with Gasteiger partial charge in [0, 0.05) is 32.2 Å². The molecule has 5 amide bonds. The van der Waals surface area contributed by atoms with E-state index in [4.69, 9.17) is 0 Å². The number of piperazine rings is 1. The second-order valence-corrected chi connectivity index (χ2v) is 8.94. The summed E-state index contributed by atoms with van der Waals surface area (Å²) in [5.74, 6) is -0.342. The van der Waals surface area contributed by atoms with Gasteiger partial charge in [-0.25, -0.2) is 4.79 Å². The number of carbonyl (C=O) groups is 4. The molecule has 4 rings (SSSR count). The third-order valence-corrected chi connectivity index (χ3v) is 6.83. The Balaban J connectivity index is 1.28. The molecule has 2 aliphatic heterocycles. The van der Waals surface area contributed by atoms with Crippen LogP contribution in [0.25, 0.3) is 0 Å². The molecule has 4 fully saturated rings. The molecule has 0 aromatic rings. The molecule has 0 radical (unpaired) electrons. The molecule has 0 aromatic heterocycles. The number of amides is 5. The van der Waals surface area contributed by atoms with Crippen molar-refractivity contribution in [3.63, 3.8) is 0 Å². The second kappa shape index (κ2) is 7.93. The molecule has 0 aromatic carbocycles. The van der Waals surface area contributed by atoms with Gasteiger partial charge in [0.25, 0.3) is 5.91 Å². The van der Waals surface area contributed by atoms with E-state index in [-0.39, 0.29) is 30.2 Å². The summed E-state index contributed by atoms with van der Waals surface area (Å²) in [5.41, 5.74) is -0.830. The molecule has 4 aliphatic rings. The number of urea groups is 1. The highest BCUT2D eigenvalue weighted by Gasteiger charge is 2.55. The van der Waals surface area contributed by atoms with Gasteiger partial charge in [-0.3, -0.25) is 24.2 Å². The van der Waals surface area contributed by atoms with Crippen molar-refractivity contribution in [3.8, 4) is 0 Å². The van der Waals surface area contributed by atoms with Gasteiger partial charge in [-0.1, -0.05) is 19.8 Å². The van der Waals surface area contributed by atoms with Gasteiger partial charge in [-0.15, -0.1) is 0 Å². The first kappa shape index (κ1) is 20.1. The van der Waals surface area contributed by atoms with Crippen molar-refractivity contribution in [2.24, 2.45) is 5.92 Å². The summed E-state index contributed by atoms with van der Waals surface area (Å²) < 4.78 is 0. The molecule has 29 heavy (non-hydrogen) atoms. The molecule has 2 saturated heterocycles. The summed E-state index contributed by atoms with van der Waals surface area (Å²) in [7, 11) is 0. The lowest BCUT2D eigenvalue weighted by Gasteiger charge is -2.37. The Hall–Kier alpha value is -2.16. The van der Waals surface area contributed by atoms with Crippen LogP contribution in [0.5, 0.6) is 0 Å². The van der Waals surface area contributed by atoms with Crippen molar-refractivity contribution in [1.82, 2.24) is 25.3 Å². The standard InChI is InChI=1S/C20H31N5O4/c1-14-4-2-3-7-20(14)18(28)25(19(29)22-20)13-17(27)24-10-8-23(9-11-24)12-16(26)21-15-5-6-15/h14-15H,2-13H2,1H3,(H,21,26)(H,22,29)/t14-,20-/m1/s1. The van der Waals surface area contributed by atoms with Crippen LogP contribution in [0, 0.1) is 5.92 Å². The Morgan fingerprint density at radius 3 is 2.45 bits per heavy atom. The van der Waals surface area contributed by atoms with Crippen LogP contribution in [0.1, 0.15) is 45.4 Å². The first-order valence-electron chi connectivity index (χ1n) is 10.8. The Bertz CT molecular complexity index is 701. The van der Waals surface area contributed by atoms with E-state index in [2.05, 4.69) is 10.6 Å². The van der Waals surface area contributed by atoms with E-state index in [0.29, 0.717) is 45.2 Å². The fourth-order valence-corrected chi connectivity index (χ4v) is 4.73. The second-order valence-electron chi connectivity index (χ2n) is 8.94. The normalized spacial score (nSPS) is 30.6. The van der Waals surface area contributed by atoms with Gasteiger partial charge in [-0.05, 0) is 31.6 Å². The molecule has 2 saturated carbocycles. The Morgan fingerprint density at radius 1 is 1.07 bits per heavy atom. The summed E-state index contributed by atoms with van der Waals surface area (Å²) in [6.07, 6.45) is 5.66. The molecule has 9 heteroatoms. The quantitative estimate of drug-likeness (QED) is 0.623. The number of imide groups is 1. The summed E-state index contributed by atoms with van der Waals surface area (Å²) >= 11 is 0. The molecule has 1 spiro atoms. The van der Waals surface area contributed by atoms with Crippen molar-refractivity contribution in [2.75, 3.05) is 39.3 Å². The van der Waals surface area contributed by atoms with Gasteiger partial charge >= 0.3 is 6.03 Å². The number of nitrogens with one attached hydrogen (secondary N) is 2. The first-order valence-corrected chi connectivity index (χ1v) is 10.8. The maximum atomic E-state index is 13.0. The smallest absolute Gasteiger partial charge is 0.325 e. The fourth-order valence-electron chi connectivity index (χ4n) is 4.73. The predicted molar refractivity (Wildman–Crippen MR) is 105 cm³/mol. The lowest BCUT2D eigenvalue weighted by Crippen LogP contribution is -2.55. The Labute approximate surface area is 171 Å². The average molecular weight is 405 g/mol. The van der Waals surface area contributed by atoms with Gasteiger partial charge < -0.3 is 15.5 Å². The highest BCUT2D eigenvalue weighted by molar-refractivity contribution is 6.09. The summed E-state index contributed by atoms with van der Waals surface area (Å²) in [4.78, 5) is 55.0. The minimum absolute atomic E-state index is 0.0403. The van der Waals surface area contributed by atoms with Crippen LogP contribution in [0.15, 0.2) is 0 Å². The van der Waals surface area contributed by atoms with E-state index in [0.717, 1.165) is 37.0 Å². The van der Waals surface area contributed by atoms with Gasteiger partial charge in [0.15, 0.2) is 0 Å². The van der Waals surface area contributed by atoms with Crippen LogP contribution in [0.4, 0.5) is 4.79 Å². The molecule has 2 N–H and O–H groups in total. The van der Waals surface area contributed by atoms with E-state index in [1.807, 2.05) is 11.8 Å². The van der Waals surface area contributed by atoms with Crippen LogP contribution >= 0.6 is 0 Å². The molecule has 0 unspecified atom stereocenters. The third kappa shape index (κ3) is 4.10. The Kier molecular flexibility index (Phi) is 5.50. The van der Waals surface area contributed by atoms with Crippen LogP contribution < -0.4 is 10.6 Å². The van der Waals surface area contributed by atoms with Crippen LogP contribution in [-0.4, -0.2) is 89.3 Å². The zero-order chi connectivity index (χ0) is 20.6. The molecule has 2 atom stereocenters. The summed E-state index contributed by atoms with van der Waals surface area (Å²) in [6.45, 7) is 4.38. The van der Waals surface area contributed by atoms with Gasteiger partial charge in [0.2, 0.25) is 11.8 Å². The van der Waals surface area contributed by atoms with Crippen LogP contribution in [0.2, 0.25) is 0 Å². The zero-order valence-corrected chi connectivity index (χ0v) is 17.1. The molecular weight excluding hydrogens is 374 g/mol. The molecule has 9 nitrogen and oxygen atoms in total. The van der Waals surface area contributed by atoms with Crippen molar-refractivity contribution in [2.45, 2.75) is 57.0 Å². The van der Waals surface area contributed by atoms with Gasteiger partial charge in [0.05, 0.1) is 6.54 Å².